The first kappa shape index (κ1) is 14.1. The molecule has 0 spiro atoms. The van der Waals surface area contributed by atoms with Gasteiger partial charge >= 0.3 is 5.97 Å². The summed E-state index contributed by atoms with van der Waals surface area (Å²) in [5.74, 6) is -1.93. The molecule has 4 nitrogen and oxygen atoms in total. The summed E-state index contributed by atoms with van der Waals surface area (Å²) in [7, 11) is 0. The lowest BCUT2D eigenvalue weighted by Crippen LogP contribution is -2.34. The van der Waals surface area contributed by atoms with Crippen molar-refractivity contribution in [1.29, 1.82) is 0 Å². The van der Waals surface area contributed by atoms with Gasteiger partial charge in [0.15, 0.2) is 0 Å². The molecule has 19 heavy (non-hydrogen) atoms. The molecular weight excluding hydrogens is 310 g/mol. The van der Waals surface area contributed by atoms with Crippen LogP contribution in [0.5, 0.6) is 0 Å². The van der Waals surface area contributed by atoms with E-state index in [-0.39, 0.29) is 11.8 Å². The van der Waals surface area contributed by atoms with Gasteiger partial charge in [-0.25, -0.2) is 0 Å². The highest BCUT2D eigenvalue weighted by molar-refractivity contribution is 9.10. The lowest BCUT2D eigenvalue weighted by atomic mass is 9.95. The minimum absolute atomic E-state index is 0.152. The van der Waals surface area contributed by atoms with Crippen molar-refractivity contribution in [2.45, 2.75) is 25.8 Å². The van der Waals surface area contributed by atoms with Gasteiger partial charge in [0.05, 0.1) is 11.8 Å². The van der Waals surface area contributed by atoms with E-state index in [0.29, 0.717) is 19.4 Å². The van der Waals surface area contributed by atoms with Crippen LogP contribution < -0.4 is 5.32 Å². The highest BCUT2D eigenvalue weighted by Crippen LogP contribution is 2.32. The highest BCUT2D eigenvalue weighted by atomic mass is 79.9. The molecular formula is C14H16BrNO3. The standard InChI is InChI=1S/C14H16BrNO3/c15-12-7-2-1-4-9(12)8-16-13(17)10-5-3-6-11(10)14(18)19/h1-2,4,7,10-11H,3,5-6,8H2,(H,16,17)(H,18,19). The van der Waals surface area contributed by atoms with Gasteiger partial charge in [0, 0.05) is 11.0 Å². The van der Waals surface area contributed by atoms with Crippen molar-refractivity contribution in [3.63, 3.8) is 0 Å². The Morgan fingerprint density at radius 3 is 2.63 bits per heavy atom. The van der Waals surface area contributed by atoms with E-state index in [1.807, 2.05) is 24.3 Å². The normalized spacial score (nSPS) is 22.2. The summed E-state index contributed by atoms with van der Waals surface area (Å²) in [5, 5.41) is 11.9. The molecule has 1 amide bonds. The number of nitrogens with one attached hydrogen (secondary N) is 1. The molecule has 2 atom stereocenters. The highest BCUT2D eigenvalue weighted by Gasteiger charge is 2.37. The third kappa shape index (κ3) is 3.35. The Morgan fingerprint density at radius 1 is 1.26 bits per heavy atom. The average molecular weight is 326 g/mol. The fourth-order valence-corrected chi connectivity index (χ4v) is 2.95. The minimum atomic E-state index is -0.862. The molecule has 1 aliphatic rings. The van der Waals surface area contributed by atoms with Gasteiger partial charge in [-0.2, -0.15) is 0 Å². The molecule has 0 heterocycles. The third-order valence-corrected chi connectivity index (χ3v) is 4.35. The molecule has 0 aliphatic heterocycles. The molecule has 0 radical (unpaired) electrons. The van der Waals surface area contributed by atoms with Crippen LogP contribution in [0.15, 0.2) is 28.7 Å². The fourth-order valence-electron chi connectivity index (χ4n) is 2.52. The molecule has 102 valence electrons. The summed E-state index contributed by atoms with van der Waals surface area (Å²) in [6, 6.07) is 7.65. The molecule has 0 saturated heterocycles. The van der Waals surface area contributed by atoms with Crippen molar-refractivity contribution in [2.75, 3.05) is 0 Å². The number of aliphatic carboxylic acids is 1. The molecule has 1 fully saturated rings. The monoisotopic (exact) mass is 325 g/mol. The molecule has 1 saturated carbocycles. The van der Waals surface area contributed by atoms with Crippen LogP contribution in [0.3, 0.4) is 0 Å². The van der Waals surface area contributed by atoms with Gasteiger partial charge in [0.25, 0.3) is 0 Å². The van der Waals surface area contributed by atoms with Crippen LogP contribution in [0.2, 0.25) is 0 Å². The molecule has 2 N–H and O–H groups in total. The van der Waals surface area contributed by atoms with Crippen LogP contribution in [0.1, 0.15) is 24.8 Å². The molecule has 2 rings (SSSR count). The second-order valence-electron chi connectivity index (χ2n) is 4.79. The SMILES string of the molecule is O=C(O)C1CCCC1C(=O)NCc1ccccc1Br. The number of carboxylic acid groups (broad SMARTS) is 1. The Balaban J connectivity index is 1.95. The average Bonchev–Trinajstić information content (AvgIpc) is 2.87. The van der Waals surface area contributed by atoms with E-state index in [1.54, 1.807) is 0 Å². The largest absolute Gasteiger partial charge is 0.481 e. The summed E-state index contributed by atoms with van der Waals surface area (Å²) in [4.78, 5) is 23.1. The van der Waals surface area contributed by atoms with Crippen LogP contribution in [0.4, 0.5) is 0 Å². The number of carbonyl (C=O) groups is 2. The Hall–Kier alpha value is -1.36. The van der Waals surface area contributed by atoms with Crippen LogP contribution >= 0.6 is 15.9 Å². The van der Waals surface area contributed by atoms with Crippen LogP contribution in [-0.4, -0.2) is 17.0 Å². The number of amides is 1. The molecule has 0 aromatic heterocycles. The number of rotatable bonds is 4. The first-order valence-corrected chi connectivity index (χ1v) is 7.13. The summed E-state index contributed by atoms with van der Waals surface area (Å²) in [6.45, 7) is 0.420. The molecule has 5 heteroatoms. The smallest absolute Gasteiger partial charge is 0.307 e. The van der Waals surface area contributed by atoms with Crippen molar-refractivity contribution in [2.24, 2.45) is 11.8 Å². The number of hydrogen-bond donors (Lipinski definition) is 2. The van der Waals surface area contributed by atoms with Crippen molar-refractivity contribution in [3.8, 4) is 0 Å². The summed E-state index contributed by atoms with van der Waals surface area (Å²) in [5.41, 5.74) is 0.987. The number of hydrogen-bond acceptors (Lipinski definition) is 2. The first-order chi connectivity index (χ1) is 9.09. The quantitative estimate of drug-likeness (QED) is 0.894. The zero-order valence-corrected chi connectivity index (χ0v) is 12.0. The van der Waals surface area contributed by atoms with Crippen LogP contribution in [0, 0.1) is 11.8 Å². The van der Waals surface area contributed by atoms with Gasteiger partial charge in [0.2, 0.25) is 5.91 Å². The van der Waals surface area contributed by atoms with Crippen molar-refractivity contribution in [3.05, 3.63) is 34.3 Å². The maximum Gasteiger partial charge on any atom is 0.307 e. The van der Waals surface area contributed by atoms with Gasteiger partial charge in [0.1, 0.15) is 0 Å². The Kier molecular flexibility index (Phi) is 4.58. The van der Waals surface area contributed by atoms with E-state index < -0.39 is 11.9 Å². The maximum atomic E-state index is 12.1. The van der Waals surface area contributed by atoms with E-state index in [1.165, 1.54) is 0 Å². The Morgan fingerprint density at radius 2 is 1.95 bits per heavy atom. The fraction of sp³-hybridized carbons (Fsp3) is 0.429. The molecule has 2 unspecified atom stereocenters. The van der Waals surface area contributed by atoms with Gasteiger partial charge in [-0.3, -0.25) is 9.59 Å². The van der Waals surface area contributed by atoms with E-state index in [4.69, 9.17) is 5.11 Å². The van der Waals surface area contributed by atoms with Gasteiger partial charge < -0.3 is 10.4 Å². The number of benzene rings is 1. The topological polar surface area (TPSA) is 66.4 Å². The summed E-state index contributed by atoms with van der Waals surface area (Å²) in [6.07, 6.45) is 2.07. The van der Waals surface area contributed by atoms with E-state index in [2.05, 4.69) is 21.2 Å². The number of carbonyl (C=O) groups excluding carboxylic acids is 1. The van der Waals surface area contributed by atoms with Gasteiger partial charge in [-0.05, 0) is 24.5 Å². The molecule has 1 aromatic rings. The molecule has 1 aliphatic carbocycles. The number of halogens is 1. The second-order valence-corrected chi connectivity index (χ2v) is 5.65. The number of carboxylic acids is 1. The maximum absolute atomic E-state index is 12.1. The van der Waals surface area contributed by atoms with Crippen LogP contribution in [-0.2, 0) is 16.1 Å². The zero-order chi connectivity index (χ0) is 13.8. The predicted molar refractivity (Wildman–Crippen MR) is 74.5 cm³/mol. The lowest BCUT2D eigenvalue weighted by molar-refractivity contribution is -0.146. The summed E-state index contributed by atoms with van der Waals surface area (Å²) >= 11 is 3.42. The molecule has 0 bridgehead atoms. The van der Waals surface area contributed by atoms with E-state index >= 15 is 0 Å². The van der Waals surface area contributed by atoms with Crippen molar-refractivity contribution < 1.29 is 14.7 Å². The van der Waals surface area contributed by atoms with Crippen molar-refractivity contribution >= 4 is 27.8 Å². The third-order valence-electron chi connectivity index (χ3n) is 3.58. The van der Waals surface area contributed by atoms with Gasteiger partial charge in [-0.15, -0.1) is 0 Å². The van der Waals surface area contributed by atoms with E-state index in [9.17, 15) is 9.59 Å². The van der Waals surface area contributed by atoms with E-state index in [0.717, 1.165) is 16.5 Å². The van der Waals surface area contributed by atoms with Crippen molar-refractivity contribution in [1.82, 2.24) is 5.32 Å². The minimum Gasteiger partial charge on any atom is -0.481 e. The van der Waals surface area contributed by atoms with Crippen LogP contribution in [0.25, 0.3) is 0 Å². The Bertz CT molecular complexity index is 489. The Labute approximate surface area is 120 Å². The summed E-state index contributed by atoms with van der Waals surface area (Å²) < 4.78 is 0.941. The lowest BCUT2D eigenvalue weighted by Gasteiger charge is -2.15. The first-order valence-electron chi connectivity index (χ1n) is 6.33. The predicted octanol–water partition coefficient (Wildman–Crippen LogP) is 2.57. The zero-order valence-electron chi connectivity index (χ0n) is 10.4. The molecule has 1 aromatic carbocycles. The second kappa shape index (κ2) is 6.19. The van der Waals surface area contributed by atoms with Gasteiger partial charge in [-0.1, -0.05) is 40.5 Å².